The van der Waals surface area contributed by atoms with Gasteiger partial charge in [-0.05, 0) is 23.9 Å². The normalized spacial score (nSPS) is 11.5. The van der Waals surface area contributed by atoms with E-state index in [1.807, 2.05) is 36.4 Å². The van der Waals surface area contributed by atoms with E-state index in [4.69, 9.17) is 27.3 Å². The van der Waals surface area contributed by atoms with Crippen LogP contribution >= 0.6 is 7.15 Å². The molecule has 1 heterocycles. The van der Waals surface area contributed by atoms with E-state index in [0.717, 1.165) is 5.69 Å². The number of rotatable bonds is 4. The lowest BCUT2D eigenvalue weighted by Gasteiger charge is -2.00. The van der Waals surface area contributed by atoms with Crippen molar-refractivity contribution in [3.8, 4) is 24.2 Å². The van der Waals surface area contributed by atoms with Gasteiger partial charge in [0.1, 0.15) is 12.4 Å². The largest absolute Gasteiger partial charge is 0.401 e. The van der Waals surface area contributed by atoms with Crippen molar-refractivity contribution in [2.75, 3.05) is 0 Å². The Morgan fingerprint density at radius 1 is 1.35 bits per heavy atom. The number of benzene rings is 1. The topological polar surface area (TPSA) is 49.2 Å². The van der Waals surface area contributed by atoms with E-state index < -0.39 is 7.15 Å². The lowest BCUT2D eigenvalue weighted by Crippen LogP contribution is -1.94. The average Bonchev–Trinajstić information content (AvgIpc) is 2.79. The van der Waals surface area contributed by atoms with Crippen molar-refractivity contribution < 1.29 is 9.05 Å². The molecule has 0 aliphatic carbocycles. The Kier molecular flexibility index (Phi) is 3.76. The second kappa shape index (κ2) is 5.48. The molecule has 0 N–H and O–H groups in total. The van der Waals surface area contributed by atoms with Crippen LogP contribution in [0, 0.1) is 12.5 Å². The molecule has 1 aromatic carbocycles. The fraction of sp³-hybridized carbons (Fsp3) is 0. The summed E-state index contributed by atoms with van der Waals surface area (Å²) in [7, 11) is -1.95. The van der Waals surface area contributed by atoms with Gasteiger partial charge in [0, 0.05) is 0 Å². The molecule has 1 atom stereocenters. The minimum Gasteiger partial charge on any atom is -0.401 e. The van der Waals surface area contributed by atoms with Gasteiger partial charge in [0.05, 0.1) is 5.69 Å². The number of hydrogen-bond acceptors (Lipinski definition) is 5. The molecule has 0 aliphatic rings. The van der Waals surface area contributed by atoms with E-state index in [1.54, 1.807) is 4.68 Å². The summed E-state index contributed by atoms with van der Waals surface area (Å²) in [6.07, 6.45) is 8.45. The molecule has 0 spiro atoms. The highest BCUT2D eigenvalue weighted by molar-refractivity contribution is 8.00. The number of aromatic nitrogens is 3. The first-order valence-electron chi connectivity index (χ1n) is 4.61. The average molecular weight is 265 g/mol. The standard InChI is InChI=1S/C10H8N3O2PS/c1-2-14-16(17)15-10-11-8-13(12-10)9-6-4-3-5-7-9/h1,3-8,16H. The van der Waals surface area contributed by atoms with Crippen molar-refractivity contribution in [1.82, 2.24) is 14.8 Å². The Balaban J connectivity index is 2.12. The van der Waals surface area contributed by atoms with Gasteiger partial charge in [0.15, 0.2) is 0 Å². The number of hydrogen-bond donors (Lipinski definition) is 0. The minimum absolute atomic E-state index is 0.160. The highest BCUT2D eigenvalue weighted by Crippen LogP contribution is 2.24. The third-order valence-corrected chi connectivity index (χ3v) is 2.94. The van der Waals surface area contributed by atoms with E-state index in [2.05, 4.69) is 10.1 Å². The lowest BCUT2D eigenvalue weighted by molar-refractivity contribution is 0.468. The Morgan fingerprint density at radius 2 is 2.12 bits per heavy atom. The van der Waals surface area contributed by atoms with Gasteiger partial charge in [-0.3, -0.25) is 0 Å². The Morgan fingerprint density at radius 3 is 2.82 bits per heavy atom. The molecule has 7 heteroatoms. The van der Waals surface area contributed by atoms with Crippen LogP contribution in [0.4, 0.5) is 0 Å². The van der Waals surface area contributed by atoms with Crippen LogP contribution < -0.4 is 4.52 Å². The van der Waals surface area contributed by atoms with Crippen molar-refractivity contribution in [2.45, 2.75) is 0 Å². The van der Waals surface area contributed by atoms with Gasteiger partial charge < -0.3 is 9.05 Å². The summed E-state index contributed by atoms with van der Waals surface area (Å²) in [5.41, 5.74) is 0.880. The molecular weight excluding hydrogens is 257 g/mol. The summed E-state index contributed by atoms with van der Waals surface area (Å²) in [6.45, 7) is 0. The highest BCUT2D eigenvalue weighted by atomic mass is 32.4. The predicted octanol–water partition coefficient (Wildman–Crippen LogP) is 1.76. The molecule has 2 rings (SSSR count). The van der Waals surface area contributed by atoms with Gasteiger partial charge in [0.25, 0.3) is 7.15 Å². The molecule has 2 aromatic rings. The van der Waals surface area contributed by atoms with E-state index in [9.17, 15) is 0 Å². The molecule has 0 radical (unpaired) electrons. The van der Waals surface area contributed by atoms with Crippen LogP contribution in [-0.2, 0) is 16.3 Å². The van der Waals surface area contributed by atoms with Crippen LogP contribution in [0.1, 0.15) is 0 Å². The summed E-state index contributed by atoms with van der Waals surface area (Å²) in [5.74, 6) is 0. The zero-order valence-corrected chi connectivity index (χ0v) is 10.4. The second-order valence-electron chi connectivity index (χ2n) is 2.88. The van der Waals surface area contributed by atoms with Gasteiger partial charge in [-0.1, -0.05) is 24.6 Å². The molecule has 0 fully saturated rings. The molecule has 86 valence electrons. The van der Waals surface area contributed by atoms with Gasteiger partial charge in [0.2, 0.25) is 0 Å². The van der Waals surface area contributed by atoms with Gasteiger partial charge >= 0.3 is 6.01 Å². The van der Waals surface area contributed by atoms with Crippen LogP contribution in [0.15, 0.2) is 36.7 Å². The van der Waals surface area contributed by atoms with E-state index >= 15 is 0 Å². The number of para-hydroxylation sites is 1. The SMILES string of the molecule is C#CO[PH](=S)Oc1ncn(-c2ccccc2)n1. The van der Waals surface area contributed by atoms with Gasteiger partial charge in [-0.25, -0.2) is 4.68 Å². The van der Waals surface area contributed by atoms with Crippen LogP contribution in [0.25, 0.3) is 5.69 Å². The molecule has 0 aliphatic heterocycles. The van der Waals surface area contributed by atoms with E-state index in [-0.39, 0.29) is 6.01 Å². The second-order valence-corrected chi connectivity index (χ2v) is 4.79. The fourth-order valence-electron chi connectivity index (χ4n) is 1.14. The Hall–Kier alpha value is -1.83. The zero-order valence-electron chi connectivity index (χ0n) is 8.61. The lowest BCUT2D eigenvalue weighted by atomic mass is 10.3. The third kappa shape index (κ3) is 3.06. The Labute approximate surface area is 104 Å². The van der Waals surface area contributed by atoms with Gasteiger partial charge in [-0.2, -0.15) is 4.98 Å². The van der Waals surface area contributed by atoms with Crippen molar-refractivity contribution in [2.24, 2.45) is 0 Å². The minimum atomic E-state index is -1.95. The van der Waals surface area contributed by atoms with Crippen LogP contribution in [0.3, 0.4) is 0 Å². The first-order valence-corrected chi connectivity index (χ1v) is 7.06. The predicted molar refractivity (Wildman–Crippen MR) is 67.6 cm³/mol. The van der Waals surface area contributed by atoms with Crippen LogP contribution in [0.2, 0.25) is 0 Å². The number of nitrogens with zero attached hydrogens (tertiary/aromatic N) is 3. The fourth-order valence-corrected chi connectivity index (χ4v) is 1.89. The molecular formula is C10H8N3O2PS. The monoisotopic (exact) mass is 265 g/mol. The maximum absolute atomic E-state index is 5.17. The summed E-state index contributed by atoms with van der Waals surface area (Å²) >= 11 is 4.87. The maximum atomic E-state index is 5.17. The summed E-state index contributed by atoms with van der Waals surface area (Å²) in [6, 6.07) is 9.69. The van der Waals surface area contributed by atoms with Crippen LogP contribution in [-0.4, -0.2) is 14.8 Å². The highest BCUT2D eigenvalue weighted by Gasteiger charge is 2.05. The maximum Gasteiger partial charge on any atom is 0.341 e. The van der Waals surface area contributed by atoms with Crippen molar-refractivity contribution >= 4 is 19.0 Å². The molecule has 5 nitrogen and oxygen atoms in total. The summed E-state index contributed by atoms with van der Waals surface area (Å²) in [4.78, 5) is 3.95. The molecule has 0 bridgehead atoms. The van der Waals surface area contributed by atoms with Crippen molar-refractivity contribution in [1.29, 1.82) is 0 Å². The summed E-state index contributed by atoms with van der Waals surface area (Å²) in [5, 5.41) is 4.10. The molecule has 0 saturated heterocycles. The van der Waals surface area contributed by atoms with Crippen LogP contribution in [0.5, 0.6) is 6.01 Å². The van der Waals surface area contributed by atoms with E-state index in [1.165, 1.54) is 6.33 Å². The molecule has 1 aromatic heterocycles. The molecule has 0 saturated carbocycles. The Bertz CT molecular complexity index is 564. The first kappa shape index (κ1) is 11.6. The zero-order chi connectivity index (χ0) is 12.1. The molecule has 0 amide bonds. The van der Waals surface area contributed by atoms with E-state index in [0.29, 0.717) is 0 Å². The molecule has 17 heavy (non-hydrogen) atoms. The summed E-state index contributed by atoms with van der Waals surface area (Å²) < 4.78 is 11.4. The van der Waals surface area contributed by atoms with Gasteiger partial charge in [-0.15, -0.1) is 5.10 Å². The third-order valence-electron chi connectivity index (χ3n) is 1.81. The first-order chi connectivity index (χ1) is 8.29. The van der Waals surface area contributed by atoms with Crippen molar-refractivity contribution in [3.05, 3.63) is 36.7 Å². The molecule has 1 unspecified atom stereocenters. The number of terminal acetylenes is 1. The quantitative estimate of drug-likeness (QED) is 0.622. The smallest absolute Gasteiger partial charge is 0.341 e. The van der Waals surface area contributed by atoms with Crippen molar-refractivity contribution in [3.63, 3.8) is 0 Å².